The van der Waals surface area contributed by atoms with Crippen molar-refractivity contribution in [2.75, 3.05) is 12.3 Å². The minimum absolute atomic E-state index is 0.0262. The molecule has 1 aromatic heterocycles. The molecule has 1 atom stereocenters. The highest BCUT2D eigenvalue weighted by molar-refractivity contribution is 7.99. The molecule has 1 aliphatic heterocycles. The first-order valence-corrected chi connectivity index (χ1v) is 11.2. The Bertz CT molecular complexity index is 1030. The predicted molar refractivity (Wildman–Crippen MR) is 120 cm³/mol. The van der Waals surface area contributed by atoms with Gasteiger partial charge in [-0.15, -0.1) is 0 Å². The summed E-state index contributed by atoms with van der Waals surface area (Å²) in [6.07, 6.45) is 2.72. The van der Waals surface area contributed by atoms with E-state index in [0.29, 0.717) is 29.4 Å². The molecule has 2 aromatic carbocycles. The molecule has 0 fully saturated rings. The molecular formula is C24H25N3O2S. The van der Waals surface area contributed by atoms with Gasteiger partial charge in [0.1, 0.15) is 0 Å². The summed E-state index contributed by atoms with van der Waals surface area (Å²) in [5.74, 6) is 0.905. The Labute approximate surface area is 180 Å². The number of aryl methyl sites for hydroxylation is 1. The lowest BCUT2D eigenvalue weighted by Gasteiger charge is -2.19. The molecule has 3 aromatic rings. The van der Waals surface area contributed by atoms with Crippen LogP contribution in [0.25, 0.3) is 0 Å². The number of fused-ring (bicyclic) bond motifs is 1. The van der Waals surface area contributed by atoms with Gasteiger partial charge in [0.2, 0.25) is 5.91 Å². The van der Waals surface area contributed by atoms with Gasteiger partial charge in [-0.1, -0.05) is 72.4 Å². The number of hydrogen-bond acceptors (Lipinski definition) is 4. The zero-order chi connectivity index (χ0) is 20.9. The molecule has 1 amide bonds. The first kappa shape index (κ1) is 20.4. The highest BCUT2D eigenvalue weighted by atomic mass is 32.2. The molecular weight excluding hydrogens is 394 g/mol. The molecule has 0 aliphatic carbocycles. The van der Waals surface area contributed by atoms with Gasteiger partial charge in [-0.25, -0.2) is 4.98 Å². The van der Waals surface area contributed by atoms with Gasteiger partial charge in [0, 0.05) is 36.4 Å². The second-order valence-electron chi connectivity index (χ2n) is 7.58. The van der Waals surface area contributed by atoms with E-state index in [1.54, 1.807) is 17.7 Å². The van der Waals surface area contributed by atoms with Crippen LogP contribution in [0.2, 0.25) is 0 Å². The maximum Gasteiger partial charge on any atom is 0.257 e. The minimum atomic E-state index is -0.135. The lowest BCUT2D eigenvalue weighted by atomic mass is 9.88. The Morgan fingerprint density at radius 3 is 2.40 bits per heavy atom. The summed E-state index contributed by atoms with van der Waals surface area (Å²) < 4.78 is 1.68. The van der Waals surface area contributed by atoms with Gasteiger partial charge in [-0.05, 0) is 24.5 Å². The van der Waals surface area contributed by atoms with Gasteiger partial charge in [0.15, 0.2) is 5.16 Å². The number of nitrogens with one attached hydrogen (secondary N) is 1. The quantitative estimate of drug-likeness (QED) is 0.590. The SMILES string of the molecule is Cc1cnc2n(c1=O)[C@@H](CC(=O)NCCC(c1ccccc1)c1ccccc1)CS2. The van der Waals surface area contributed by atoms with Crippen molar-refractivity contribution in [1.29, 1.82) is 0 Å². The van der Waals surface area contributed by atoms with Crippen molar-refractivity contribution in [1.82, 2.24) is 14.9 Å². The van der Waals surface area contributed by atoms with Crippen LogP contribution in [0.4, 0.5) is 0 Å². The summed E-state index contributed by atoms with van der Waals surface area (Å²) in [5.41, 5.74) is 3.05. The van der Waals surface area contributed by atoms with Crippen LogP contribution < -0.4 is 10.9 Å². The number of benzene rings is 2. The van der Waals surface area contributed by atoms with Crippen molar-refractivity contribution in [2.45, 2.75) is 36.9 Å². The maximum atomic E-state index is 12.6. The number of aromatic nitrogens is 2. The van der Waals surface area contributed by atoms with E-state index in [1.807, 2.05) is 36.4 Å². The first-order chi connectivity index (χ1) is 14.6. The molecule has 1 aliphatic rings. The number of rotatable bonds is 7. The average molecular weight is 420 g/mol. The molecule has 0 unspecified atom stereocenters. The standard InChI is InChI=1S/C24H25N3O2S/c1-17-15-26-24-27(23(17)29)20(16-30-24)14-22(28)25-13-12-21(18-8-4-2-5-9-18)19-10-6-3-7-11-19/h2-11,15,20-21H,12-14,16H2,1H3,(H,25,28)/t20-/m0/s1. The van der Waals surface area contributed by atoms with Crippen LogP contribution in [0, 0.1) is 6.92 Å². The van der Waals surface area contributed by atoms with Crippen LogP contribution in [0.15, 0.2) is 76.8 Å². The van der Waals surface area contributed by atoms with Crippen molar-refractivity contribution in [2.24, 2.45) is 0 Å². The van der Waals surface area contributed by atoms with E-state index in [0.717, 1.165) is 6.42 Å². The number of thioether (sulfide) groups is 1. The van der Waals surface area contributed by atoms with Crippen molar-refractivity contribution < 1.29 is 4.79 Å². The molecule has 0 bridgehead atoms. The van der Waals surface area contributed by atoms with Crippen LogP contribution in [0.1, 0.15) is 41.5 Å². The van der Waals surface area contributed by atoms with Crippen molar-refractivity contribution in [3.05, 3.63) is 93.9 Å². The van der Waals surface area contributed by atoms with E-state index in [1.165, 1.54) is 22.9 Å². The van der Waals surface area contributed by atoms with E-state index in [9.17, 15) is 9.59 Å². The van der Waals surface area contributed by atoms with Gasteiger partial charge in [0.25, 0.3) is 5.56 Å². The molecule has 2 heterocycles. The summed E-state index contributed by atoms with van der Waals surface area (Å²) >= 11 is 1.54. The summed E-state index contributed by atoms with van der Waals surface area (Å²) in [6, 6.07) is 20.6. The monoisotopic (exact) mass is 419 g/mol. The van der Waals surface area contributed by atoms with E-state index in [-0.39, 0.29) is 23.4 Å². The van der Waals surface area contributed by atoms with Gasteiger partial charge in [-0.2, -0.15) is 0 Å². The third kappa shape index (κ3) is 4.49. The third-order valence-electron chi connectivity index (χ3n) is 5.48. The Morgan fingerprint density at radius 1 is 1.13 bits per heavy atom. The largest absolute Gasteiger partial charge is 0.356 e. The molecule has 0 saturated carbocycles. The van der Waals surface area contributed by atoms with Gasteiger partial charge >= 0.3 is 0 Å². The number of amides is 1. The summed E-state index contributed by atoms with van der Waals surface area (Å²) in [7, 11) is 0. The van der Waals surface area contributed by atoms with Crippen molar-refractivity contribution in [3.8, 4) is 0 Å². The molecule has 1 N–H and O–H groups in total. The molecule has 0 spiro atoms. The topological polar surface area (TPSA) is 64.0 Å². The maximum absolute atomic E-state index is 12.6. The van der Waals surface area contributed by atoms with Gasteiger partial charge < -0.3 is 5.32 Å². The molecule has 0 saturated heterocycles. The number of carbonyl (C=O) groups is 1. The van der Waals surface area contributed by atoms with Crippen molar-refractivity contribution >= 4 is 17.7 Å². The van der Waals surface area contributed by atoms with E-state index in [4.69, 9.17) is 0 Å². The second kappa shape index (κ2) is 9.30. The number of carbonyl (C=O) groups excluding carboxylic acids is 1. The smallest absolute Gasteiger partial charge is 0.257 e. The third-order valence-corrected chi connectivity index (χ3v) is 6.59. The molecule has 154 valence electrons. The van der Waals surface area contributed by atoms with Crippen LogP contribution in [0.3, 0.4) is 0 Å². The molecule has 30 heavy (non-hydrogen) atoms. The van der Waals surface area contributed by atoms with E-state index >= 15 is 0 Å². The predicted octanol–water partition coefficient (Wildman–Crippen LogP) is 3.93. The molecule has 0 radical (unpaired) electrons. The Morgan fingerprint density at radius 2 is 1.77 bits per heavy atom. The Balaban J connectivity index is 1.39. The number of nitrogens with zero attached hydrogens (tertiary/aromatic N) is 2. The van der Waals surface area contributed by atoms with Gasteiger partial charge in [0.05, 0.1) is 6.04 Å². The highest BCUT2D eigenvalue weighted by Crippen LogP contribution is 2.32. The van der Waals surface area contributed by atoms with E-state index in [2.05, 4.69) is 34.6 Å². The highest BCUT2D eigenvalue weighted by Gasteiger charge is 2.27. The van der Waals surface area contributed by atoms with E-state index < -0.39 is 0 Å². The fourth-order valence-corrected chi connectivity index (χ4v) is 5.02. The normalized spacial score (nSPS) is 15.2. The van der Waals surface area contributed by atoms with Gasteiger partial charge in [-0.3, -0.25) is 14.2 Å². The minimum Gasteiger partial charge on any atom is -0.356 e. The molecule has 5 nitrogen and oxygen atoms in total. The molecule has 6 heteroatoms. The summed E-state index contributed by atoms with van der Waals surface area (Å²) in [6.45, 7) is 2.34. The fourth-order valence-electron chi connectivity index (χ4n) is 3.91. The second-order valence-corrected chi connectivity index (χ2v) is 8.57. The number of hydrogen-bond donors (Lipinski definition) is 1. The van der Waals surface area contributed by atoms with Crippen molar-refractivity contribution in [3.63, 3.8) is 0 Å². The zero-order valence-corrected chi connectivity index (χ0v) is 17.8. The van der Waals surface area contributed by atoms with Crippen LogP contribution in [-0.4, -0.2) is 27.8 Å². The van der Waals surface area contributed by atoms with Crippen LogP contribution >= 0.6 is 11.8 Å². The molecule has 4 rings (SSSR count). The van der Waals surface area contributed by atoms with Crippen LogP contribution in [0.5, 0.6) is 0 Å². The Hall–Kier alpha value is -2.86. The summed E-state index contributed by atoms with van der Waals surface area (Å²) in [5, 5.41) is 3.77. The lowest BCUT2D eigenvalue weighted by molar-refractivity contribution is -0.121. The first-order valence-electron chi connectivity index (χ1n) is 10.2. The Kier molecular flexibility index (Phi) is 6.33. The average Bonchev–Trinajstić information content (AvgIpc) is 3.18. The zero-order valence-electron chi connectivity index (χ0n) is 17.0. The lowest BCUT2D eigenvalue weighted by Crippen LogP contribution is -2.32. The summed E-state index contributed by atoms with van der Waals surface area (Å²) in [4.78, 5) is 29.4. The fraction of sp³-hybridized carbons (Fsp3) is 0.292. The van der Waals surface area contributed by atoms with Crippen LogP contribution in [-0.2, 0) is 4.79 Å².